The smallest absolute Gasteiger partial charge is 0.201 e. The third kappa shape index (κ3) is 1.23. The van der Waals surface area contributed by atoms with Gasteiger partial charge in [0.1, 0.15) is 5.82 Å². The minimum absolute atomic E-state index is 0.0678. The normalized spacial score (nSPS) is 11.1. The number of aryl methyl sites for hydroxylation is 1. The van der Waals surface area contributed by atoms with Crippen molar-refractivity contribution in [2.45, 2.75) is 13.5 Å². The number of halogens is 2. The number of hydrogen-bond acceptors (Lipinski definition) is 2. The van der Waals surface area contributed by atoms with Gasteiger partial charge < -0.3 is 10.3 Å². The first-order valence-electron chi connectivity index (χ1n) is 4.24. The van der Waals surface area contributed by atoms with Crippen LogP contribution < -0.4 is 5.73 Å². The van der Waals surface area contributed by atoms with Crippen molar-refractivity contribution in [3.8, 4) is 0 Å². The van der Waals surface area contributed by atoms with Gasteiger partial charge in [-0.05, 0) is 13.0 Å². The Morgan fingerprint density at radius 1 is 1.57 bits per heavy atom. The summed E-state index contributed by atoms with van der Waals surface area (Å²) in [5.74, 6) is -0.0714. The van der Waals surface area contributed by atoms with E-state index in [0.717, 1.165) is 0 Å². The molecule has 0 aliphatic rings. The summed E-state index contributed by atoms with van der Waals surface area (Å²) in [6.45, 7) is 2.58. The van der Waals surface area contributed by atoms with Gasteiger partial charge in [0.25, 0.3) is 0 Å². The number of nitrogens with zero attached hydrogens (tertiary/aromatic N) is 2. The molecule has 1 heterocycles. The monoisotopic (exact) mass is 213 g/mol. The Balaban J connectivity index is 2.82. The van der Waals surface area contributed by atoms with Gasteiger partial charge in [0, 0.05) is 12.6 Å². The lowest BCUT2D eigenvalue weighted by atomic mass is 10.3. The third-order valence-electron chi connectivity index (χ3n) is 2.14. The van der Waals surface area contributed by atoms with Crippen LogP contribution in [0.1, 0.15) is 6.92 Å². The van der Waals surface area contributed by atoms with Crippen molar-refractivity contribution in [2.75, 3.05) is 5.73 Å². The summed E-state index contributed by atoms with van der Waals surface area (Å²) < 4.78 is 14.9. The third-order valence-corrected chi connectivity index (χ3v) is 2.43. The van der Waals surface area contributed by atoms with Gasteiger partial charge in [0.15, 0.2) is 0 Å². The zero-order chi connectivity index (χ0) is 10.3. The lowest BCUT2D eigenvalue weighted by molar-refractivity contribution is 0.628. The Morgan fingerprint density at radius 2 is 2.29 bits per heavy atom. The van der Waals surface area contributed by atoms with E-state index in [-0.39, 0.29) is 5.02 Å². The Bertz CT molecular complexity index is 492. The summed E-state index contributed by atoms with van der Waals surface area (Å²) in [5.41, 5.74) is 6.94. The van der Waals surface area contributed by atoms with E-state index >= 15 is 0 Å². The number of nitrogens with two attached hydrogens (primary N) is 1. The molecule has 0 aliphatic carbocycles. The molecule has 0 unspecified atom stereocenters. The molecule has 0 fully saturated rings. The topological polar surface area (TPSA) is 43.8 Å². The average molecular weight is 214 g/mol. The Labute approximate surface area is 85.3 Å². The van der Waals surface area contributed by atoms with E-state index in [2.05, 4.69) is 4.98 Å². The molecule has 5 heteroatoms. The first-order valence-corrected chi connectivity index (χ1v) is 4.62. The van der Waals surface area contributed by atoms with Crippen LogP contribution in [0.2, 0.25) is 5.02 Å². The largest absolute Gasteiger partial charge is 0.369 e. The molecule has 2 N–H and O–H groups in total. The van der Waals surface area contributed by atoms with Crippen molar-refractivity contribution in [1.29, 1.82) is 0 Å². The van der Waals surface area contributed by atoms with Crippen molar-refractivity contribution in [1.82, 2.24) is 9.55 Å². The first kappa shape index (κ1) is 9.27. The summed E-state index contributed by atoms with van der Waals surface area (Å²) >= 11 is 5.63. The number of anilines is 1. The number of fused-ring (bicyclic) bond motifs is 1. The summed E-state index contributed by atoms with van der Waals surface area (Å²) in [4.78, 5) is 4.08. The van der Waals surface area contributed by atoms with Crippen LogP contribution in [0.25, 0.3) is 11.0 Å². The van der Waals surface area contributed by atoms with Crippen molar-refractivity contribution < 1.29 is 4.39 Å². The summed E-state index contributed by atoms with van der Waals surface area (Å²) in [7, 11) is 0. The van der Waals surface area contributed by atoms with E-state index in [1.165, 1.54) is 12.1 Å². The molecule has 0 aliphatic heterocycles. The molecule has 2 aromatic rings. The molecule has 14 heavy (non-hydrogen) atoms. The molecule has 0 saturated carbocycles. The maximum absolute atomic E-state index is 13.2. The van der Waals surface area contributed by atoms with E-state index in [1.54, 1.807) is 4.57 Å². The second-order valence-electron chi connectivity index (χ2n) is 2.97. The van der Waals surface area contributed by atoms with Crippen LogP contribution in [0.4, 0.5) is 10.3 Å². The summed E-state index contributed by atoms with van der Waals surface area (Å²) in [6.07, 6.45) is 0. The van der Waals surface area contributed by atoms with Gasteiger partial charge in [-0.2, -0.15) is 0 Å². The number of nitrogen functional groups attached to an aromatic ring is 1. The van der Waals surface area contributed by atoms with Crippen molar-refractivity contribution in [3.05, 3.63) is 23.0 Å². The highest BCUT2D eigenvalue weighted by molar-refractivity contribution is 6.31. The number of rotatable bonds is 1. The zero-order valence-corrected chi connectivity index (χ0v) is 8.35. The van der Waals surface area contributed by atoms with Crippen LogP contribution in [0.5, 0.6) is 0 Å². The number of imidazole rings is 1. The van der Waals surface area contributed by atoms with Gasteiger partial charge in [-0.1, -0.05) is 11.6 Å². The average Bonchev–Trinajstić information content (AvgIpc) is 2.42. The van der Waals surface area contributed by atoms with Crippen molar-refractivity contribution in [3.63, 3.8) is 0 Å². The first-order chi connectivity index (χ1) is 6.63. The molecule has 0 saturated heterocycles. The molecule has 0 atom stereocenters. The second kappa shape index (κ2) is 3.13. The van der Waals surface area contributed by atoms with Crippen LogP contribution in [0, 0.1) is 5.82 Å². The Morgan fingerprint density at radius 3 is 2.93 bits per heavy atom. The maximum Gasteiger partial charge on any atom is 0.201 e. The number of hydrogen-bond donors (Lipinski definition) is 1. The van der Waals surface area contributed by atoms with E-state index in [9.17, 15) is 4.39 Å². The summed E-state index contributed by atoms with van der Waals surface area (Å²) in [5, 5.41) is 0.0678. The fourth-order valence-electron chi connectivity index (χ4n) is 1.47. The number of benzene rings is 1. The van der Waals surface area contributed by atoms with E-state index in [0.29, 0.717) is 23.5 Å². The second-order valence-corrected chi connectivity index (χ2v) is 3.38. The van der Waals surface area contributed by atoms with E-state index < -0.39 is 5.82 Å². The lowest BCUT2D eigenvalue weighted by Gasteiger charge is -2.01. The van der Waals surface area contributed by atoms with Crippen molar-refractivity contribution >= 4 is 28.6 Å². The highest BCUT2D eigenvalue weighted by Gasteiger charge is 2.10. The molecule has 1 aromatic carbocycles. The van der Waals surface area contributed by atoms with E-state index in [1.807, 2.05) is 6.92 Å². The fraction of sp³-hybridized carbons (Fsp3) is 0.222. The van der Waals surface area contributed by atoms with Crippen LogP contribution >= 0.6 is 11.6 Å². The van der Waals surface area contributed by atoms with Gasteiger partial charge in [-0.25, -0.2) is 9.37 Å². The van der Waals surface area contributed by atoms with Gasteiger partial charge in [0.05, 0.1) is 16.1 Å². The molecule has 0 amide bonds. The van der Waals surface area contributed by atoms with Gasteiger partial charge in [-0.15, -0.1) is 0 Å². The summed E-state index contributed by atoms with van der Waals surface area (Å²) in [6, 6.07) is 2.83. The molecule has 3 nitrogen and oxygen atoms in total. The van der Waals surface area contributed by atoms with E-state index in [4.69, 9.17) is 17.3 Å². The fourth-order valence-corrected chi connectivity index (χ4v) is 1.63. The van der Waals surface area contributed by atoms with Crippen molar-refractivity contribution in [2.24, 2.45) is 0 Å². The molecular formula is C9H9ClFN3. The molecular weight excluding hydrogens is 205 g/mol. The molecule has 0 radical (unpaired) electrons. The zero-order valence-electron chi connectivity index (χ0n) is 7.59. The highest BCUT2D eigenvalue weighted by Crippen LogP contribution is 2.24. The minimum atomic E-state index is -0.450. The Kier molecular flexibility index (Phi) is 2.07. The molecule has 74 valence electrons. The predicted octanol–water partition coefficient (Wildman–Crippen LogP) is 2.43. The quantitative estimate of drug-likeness (QED) is 0.791. The van der Waals surface area contributed by atoms with Crippen LogP contribution in [-0.4, -0.2) is 9.55 Å². The van der Waals surface area contributed by atoms with Crippen LogP contribution in [0.3, 0.4) is 0 Å². The SMILES string of the molecule is CCn1c(N)nc2cc(Cl)c(F)cc21. The predicted molar refractivity (Wildman–Crippen MR) is 54.8 cm³/mol. The van der Waals surface area contributed by atoms with Gasteiger partial charge in [0.2, 0.25) is 5.95 Å². The Hall–Kier alpha value is -1.29. The van der Waals surface area contributed by atoms with Crippen LogP contribution in [0.15, 0.2) is 12.1 Å². The molecule has 2 rings (SSSR count). The lowest BCUT2D eigenvalue weighted by Crippen LogP contribution is -2.00. The highest BCUT2D eigenvalue weighted by atomic mass is 35.5. The maximum atomic E-state index is 13.2. The van der Waals surface area contributed by atoms with Crippen LogP contribution in [-0.2, 0) is 6.54 Å². The van der Waals surface area contributed by atoms with Gasteiger partial charge >= 0.3 is 0 Å². The molecule has 0 spiro atoms. The van der Waals surface area contributed by atoms with Gasteiger partial charge in [-0.3, -0.25) is 0 Å². The minimum Gasteiger partial charge on any atom is -0.369 e. The molecule has 0 bridgehead atoms. The molecule has 1 aromatic heterocycles. The standard InChI is InChI=1S/C9H9ClFN3/c1-2-14-8-4-6(11)5(10)3-7(8)13-9(14)12/h3-4H,2H2,1H3,(H2,12,13). The number of aromatic nitrogens is 2.